The molecule has 0 bridgehead atoms. The van der Waals surface area contributed by atoms with Crippen LogP contribution in [0.5, 0.6) is 0 Å². The average Bonchev–Trinajstić information content (AvgIpc) is 3.39. The predicted octanol–water partition coefficient (Wildman–Crippen LogP) is 2.15. The molecule has 37 heavy (non-hydrogen) atoms. The minimum absolute atomic E-state index is 0.00917. The standard InChI is InChI=1S/C27H38ClN5O4/c1-19(2)24(30(4)25(35)17-29-18-34)16-20(3)26(36)33-11-7-10-23(33)27(37)32-14-12-31(13-15-32)22-9-6-5-8-21(22)28/h5-6,8-9,16,18-19,23-24H,7,10-15,17H2,1-4H3,(H,29,34)/t23-,24+/m0/s1. The Morgan fingerprint density at radius 1 is 1.14 bits per heavy atom. The van der Waals surface area contributed by atoms with Crippen LogP contribution in [0.4, 0.5) is 5.69 Å². The first-order valence-corrected chi connectivity index (χ1v) is 13.2. The lowest BCUT2D eigenvalue weighted by Crippen LogP contribution is -2.54. The number of hydrogen-bond acceptors (Lipinski definition) is 5. The summed E-state index contributed by atoms with van der Waals surface area (Å²) in [5.74, 6) is -0.376. The van der Waals surface area contributed by atoms with Gasteiger partial charge in [0.2, 0.25) is 24.1 Å². The Morgan fingerprint density at radius 2 is 1.81 bits per heavy atom. The quantitative estimate of drug-likeness (QED) is 0.389. The Kier molecular flexibility index (Phi) is 9.97. The highest BCUT2D eigenvalue weighted by atomic mass is 35.5. The second-order valence-corrected chi connectivity index (χ2v) is 10.4. The third-order valence-corrected chi connectivity index (χ3v) is 7.52. The van der Waals surface area contributed by atoms with Gasteiger partial charge in [-0.2, -0.15) is 0 Å². The number of amides is 4. The Labute approximate surface area is 224 Å². The molecule has 1 N–H and O–H groups in total. The maximum absolute atomic E-state index is 13.5. The van der Waals surface area contributed by atoms with Gasteiger partial charge in [0.25, 0.3) is 0 Å². The lowest BCUT2D eigenvalue weighted by molar-refractivity contribution is -0.142. The number of carbonyl (C=O) groups excluding carboxylic acids is 4. The molecular formula is C27H38ClN5O4. The van der Waals surface area contributed by atoms with E-state index in [0.29, 0.717) is 56.2 Å². The molecule has 2 aliphatic rings. The van der Waals surface area contributed by atoms with E-state index in [1.54, 1.807) is 29.8 Å². The molecule has 3 rings (SSSR count). The summed E-state index contributed by atoms with van der Waals surface area (Å²) in [6.07, 6.45) is 3.71. The van der Waals surface area contributed by atoms with E-state index < -0.39 is 6.04 Å². The lowest BCUT2D eigenvalue weighted by Gasteiger charge is -2.38. The van der Waals surface area contributed by atoms with Gasteiger partial charge in [0, 0.05) is 45.3 Å². The molecule has 0 spiro atoms. The molecule has 4 amide bonds. The molecule has 0 radical (unpaired) electrons. The van der Waals surface area contributed by atoms with Crippen molar-refractivity contribution in [2.45, 2.75) is 45.7 Å². The topological polar surface area (TPSA) is 93.3 Å². The van der Waals surface area contributed by atoms with Crippen LogP contribution in [-0.2, 0) is 19.2 Å². The predicted molar refractivity (Wildman–Crippen MR) is 144 cm³/mol. The fourth-order valence-electron chi connectivity index (χ4n) is 5.08. The van der Waals surface area contributed by atoms with Gasteiger partial charge in [-0.1, -0.05) is 43.7 Å². The van der Waals surface area contributed by atoms with Crippen LogP contribution in [0.1, 0.15) is 33.6 Å². The highest BCUT2D eigenvalue weighted by Crippen LogP contribution is 2.27. The number of likely N-dealkylation sites (tertiary alicyclic amines) is 1. The molecule has 0 aliphatic carbocycles. The third-order valence-electron chi connectivity index (χ3n) is 7.20. The van der Waals surface area contributed by atoms with Crippen LogP contribution in [0.25, 0.3) is 0 Å². The second kappa shape index (κ2) is 12.9. The van der Waals surface area contributed by atoms with Crippen molar-refractivity contribution in [2.24, 2.45) is 5.92 Å². The van der Waals surface area contributed by atoms with Crippen molar-refractivity contribution >= 4 is 41.4 Å². The molecule has 2 aliphatic heterocycles. The molecule has 0 saturated carbocycles. The van der Waals surface area contributed by atoms with E-state index in [1.165, 1.54) is 0 Å². The maximum Gasteiger partial charge on any atom is 0.249 e. The van der Waals surface area contributed by atoms with Gasteiger partial charge in [-0.05, 0) is 37.8 Å². The number of halogens is 1. The number of anilines is 1. The zero-order valence-electron chi connectivity index (χ0n) is 22.2. The van der Waals surface area contributed by atoms with Crippen LogP contribution in [0.3, 0.4) is 0 Å². The number of hydrogen-bond donors (Lipinski definition) is 1. The smallest absolute Gasteiger partial charge is 0.249 e. The molecule has 2 saturated heterocycles. The summed E-state index contributed by atoms with van der Waals surface area (Å²) in [5.41, 5.74) is 1.48. The van der Waals surface area contributed by atoms with Gasteiger partial charge >= 0.3 is 0 Å². The van der Waals surface area contributed by atoms with E-state index in [2.05, 4.69) is 10.2 Å². The van der Waals surface area contributed by atoms with Gasteiger partial charge < -0.3 is 24.9 Å². The van der Waals surface area contributed by atoms with Crippen LogP contribution in [0.15, 0.2) is 35.9 Å². The number of nitrogens with one attached hydrogen (secondary N) is 1. The molecule has 2 atom stereocenters. The van der Waals surface area contributed by atoms with Gasteiger partial charge in [0.1, 0.15) is 6.04 Å². The second-order valence-electron chi connectivity index (χ2n) is 10.0. The molecular weight excluding hydrogens is 494 g/mol. The number of rotatable bonds is 9. The number of nitrogens with zero attached hydrogens (tertiary/aromatic N) is 4. The van der Waals surface area contributed by atoms with E-state index in [1.807, 2.05) is 43.0 Å². The summed E-state index contributed by atoms with van der Waals surface area (Å²) in [5, 5.41) is 3.09. The fraction of sp³-hybridized carbons (Fsp3) is 0.556. The van der Waals surface area contributed by atoms with Crippen molar-refractivity contribution in [2.75, 3.05) is 51.2 Å². The zero-order valence-corrected chi connectivity index (χ0v) is 22.9. The minimum atomic E-state index is -0.476. The molecule has 0 aromatic heterocycles. The monoisotopic (exact) mass is 531 g/mol. The Bertz CT molecular complexity index is 1020. The maximum atomic E-state index is 13.5. The number of likely N-dealkylation sites (N-methyl/N-ethyl adjacent to an activating group) is 1. The fourth-order valence-corrected chi connectivity index (χ4v) is 5.33. The highest BCUT2D eigenvalue weighted by Gasteiger charge is 2.38. The van der Waals surface area contributed by atoms with Crippen molar-refractivity contribution in [3.63, 3.8) is 0 Å². The average molecular weight is 532 g/mol. The van der Waals surface area contributed by atoms with E-state index >= 15 is 0 Å². The molecule has 2 fully saturated rings. The van der Waals surface area contributed by atoms with E-state index in [0.717, 1.165) is 12.1 Å². The van der Waals surface area contributed by atoms with Gasteiger partial charge in [-0.3, -0.25) is 19.2 Å². The first-order valence-electron chi connectivity index (χ1n) is 12.9. The van der Waals surface area contributed by atoms with Crippen molar-refractivity contribution < 1.29 is 19.2 Å². The van der Waals surface area contributed by atoms with Crippen LogP contribution < -0.4 is 10.2 Å². The van der Waals surface area contributed by atoms with E-state index in [-0.39, 0.29) is 36.2 Å². The first kappa shape index (κ1) is 28.5. The van der Waals surface area contributed by atoms with Crippen molar-refractivity contribution in [1.29, 1.82) is 0 Å². The van der Waals surface area contributed by atoms with E-state index in [4.69, 9.17) is 11.6 Å². The zero-order chi connectivity index (χ0) is 27.1. The number of benzene rings is 1. The summed E-state index contributed by atoms with van der Waals surface area (Å²) >= 11 is 6.35. The lowest BCUT2D eigenvalue weighted by atomic mass is 9.99. The van der Waals surface area contributed by atoms with Crippen molar-refractivity contribution in [3.05, 3.63) is 40.9 Å². The number of piperazine rings is 1. The normalized spacial score (nSPS) is 19.1. The molecule has 1 aromatic rings. The van der Waals surface area contributed by atoms with Crippen LogP contribution in [0.2, 0.25) is 5.02 Å². The van der Waals surface area contributed by atoms with Gasteiger partial charge in [0.05, 0.1) is 23.3 Å². The molecule has 202 valence electrons. The summed E-state index contributed by atoms with van der Waals surface area (Å²) in [7, 11) is 1.66. The molecule has 9 nitrogen and oxygen atoms in total. The molecule has 10 heteroatoms. The SMILES string of the molecule is CC(=C[C@H](C(C)C)N(C)C(=O)CNC=O)C(=O)N1CCC[C@H]1C(=O)N1CCN(c2ccccc2Cl)CC1. The molecule has 1 aromatic carbocycles. The summed E-state index contributed by atoms with van der Waals surface area (Å²) in [4.78, 5) is 57.1. The van der Waals surface area contributed by atoms with Crippen LogP contribution >= 0.6 is 11.6 Å². The number of carbonyl (C=O) groups is 4. The Hall–Kier alpha value is -3.07. The number of para-hydroxylation sites is 1. The van der Waals surface area contributed by atoms with Gasteiger partial charge in [-0.15, -0.1) is 0 Å². The summed E-state index contributed by atoms with van der Waals surface area (Å²) in [6.45, 7) is 8.64. The van der Waals surface area contributed by atoms with Crippen molar-refractivity contribution in [1.82, 2.24) is 20.0 Å². The van der Waals surface area contributed by atoms with Crippen molar-refractivity contribution in [3.8, 4) is 0 Å². The molecule has 0 unspecified atom stereocenters. The van der Waals surface area contributed by atoms with Gasteiger partial charge in [-0.25, -0.2) is 0 Å². The van der Waals surface area contributed by atoms with E-state index in [9.17, 15) is 19.2 Å². The molecule has 2 heterocycles. The van der Waals surface area contributed by atoms with Gasteiger partial charge in [0.15, 0.2) is 0 Å². The highest BCUT2D eigenvalue weighted by molar-refractivity contribution is 6.33. The summed E-state index contributed by atoms with van der Waals surface area (Å²) < 4.78 is 0. The third kappa shape index (κ3) is 6.83. The Morgan fingerprint density at radius 3 is 2.43 bits per heavy atom. The van der Waals surface area contributed by atoms with Crippen LogP contribution in [-0.4, -0.2) is 97.2 Å². The summed E-state index contributed by atoms with van der Waals surface area (Å²) in [6, 6.07) is 6.91. The Balaban J connectivity index is 1.65. The minimum Gasteiger partial charge on any atom is -0.367 e. The van der Waals surface area contributed by atoms with Crippen LogP contribution in [0, 0.1) is 5.92 Å². The first-order chi connectivity index (χ1) is 17.6. The largest absolute Gasteiger partial charge is 0.367 e.